The number of rotatable bonds is 0. The van der Waals surface area contributed by atoms with Crippen LogP contribution in [0.15, 0.2) is 12.2 Å². The Bertz CT molecular complexity index is 292. The first-order valence-corrected chi connectivity index (χ1v) is 7.91. The highest BCUT2D eigenvalue weighted by Crippen LogP contribution is 2.73. The summed E-state index contributed by atoms with van der Waals surface area (Å²) in [5.41, 5.74) is 1.24. The molecule has 0 aromatic rings. The fourth-order valence-corrected chi connectivity index (χ4v) is 6.49. The molecular formula is C19H38. The van der Waals surface area contributed by atoms with E-state index in [1.165, 1.54) is 0 Å². The number of allylic oxidation sites excluding steroid dienone is 2. The fourth-order valence-electron chi connectivity index (χ4n) is 6.49. The van der Waals surface area contributed by atoms with E-state index in [4.69, 9.17) is 0 Å². The maximum absolute atomic E-state index is 2.45. The highest BCUT2D eigenvalue weighted by atomic mass is 14.7. The fraction of sp³-hybridized carbons (Fsp3) is 0.895. The van der Waals surface area contributed by atoms with Gasteiger partial charge in [-0.3, -0.25) is 0 Å². The largest absolute Gasteiger partial charge is 0.0817 e. The van der Waals surface area contributed by atoms with Crippen molar-refractivity contribution in [1.29, 1.82) is 0 Å². The topological polar surface area (TPSA) is 0 Å². The van der Waals surface area contributed by atoms with E-state index < -0.39 is 0 Å². The van der Waals surface area contributed by atoms with Crippen LogP contribution in [0.25, 0.3) is 0 Å². The lowest BCUT2D eigenvalue weighted by Gasteiger charge is -2.65. The van der Waals surface area contributed by atoms with Gasteiger partial charge in [-0.2, -0.15) is 0 Å². The Morgan fingerprint density at radius 2 is 0.789 bits per heavy atom. The van der Waals surface area contributed by atoms with E-state index in [0.717, 1.165) is 0 Å². The standard InChI is InChI=1S/C17H32.C2H6/c1-13(2,3)17(14(4,5)6)15(7,8)11-12-16(17,9)10;1-2/h11-12H,1-10H3;1-2H3. The lowest BCUT2D eigenvalue weighted by molar-refractivity contribution is -0.161. The second-order valence-electron chi connectivity index (χ2n) is 9.03. The summed E-state index contributed by atoms with van der Waals surface area (Å²) in [5, 5.41) is 0. The molecule has 19 heavy (non-hydrogen) atoms. The third kappa shape index (κ3) is 2.41. The smallest absolute Gasteiger partial charge is 0.00290 e. The zero-order valence-electron chi connectivity index (χ0n) is 15.7. The molecule has 0 aromatic carbocycles. The third-order valence-electron chi connectivity index (χ3n) is 5.10. The third-order valence-corrected chi connectivity index (χ3v) is 5.10. The highest BCUT2D eigenvalue weighted by Gasteiger charge is 2.66. The summed E-state index contributed by atoms with van der Waals surface area (Å²) in [4.78, 5) is 0. The van der Waals surface area contributed by atoms with Crippen molar-refractivity contribution in [2.45, 2.75) is 83.1 Å². The average molecular weight is 267 g/mol. The number of hydrogen-bond acceptors (Lipinski definition) is 0. The Morgan fingerprint density at radius 3 is 0.895 bits per heavy atom. The summed E-state index contributed by atoms with van der Waals surface area (Å²) >= 11 is 0. The molecule has 0 fully saturated rings. The Hall–Kier alpha value is -0.260. The molecule has 0 aromatic heterocycles. The van der Waals surface area contributed by atoms with Crippen LogP contribution in [0.4, 0.5) is 0 Å². The van der Waals surface area contributed by atoms with E-state index in [9.17, 15) is 0 Å². The lowest BCUT2D eigenvalue weighted by Crippen LogP contribution is -2.60. The van der Waals surface area contributed by atoms with E-state index >= 15 is 0 Å². The summed E-state index contributed by atoms with van der Waals surface area (Å²) in [6.45, 7) is 28.1. The van der Waals surface area contributed by atoms with Crippen molar-refractivity contribution >= 4 is 0 Å². The molecular weight excluding hydrogens is 228 g/mol. The molecule has 0 radical (unpaired) electrons. The summed E-state index contributed by atoms with van der Waals surface area (Å²) in [5.74, 6) is 0. The van der Waals surface area contributed by atoms with Gasteiger partial charge in [0.1, 0.15) is 0 Å². The molecule has 0 nitrogen and oxygen atoms in total. The quantitative estimate of drug-likeness (QED) is 0.427. The Balaban J connectivity index is 0.00000154. The van der Waals surface area contributed by atoms with E-state index in [1.807, 2.05) is 13.8 Å². The molecule has 1 rings (SSSR count). The zero-order chi connectivity index (χ0) is 15.9. The maximum atomic E-state index is 2.45. The maximum Gasteiger partial charge on any atom is -0.00290 e. The highest BCUT2D eigenvalue weighted by molar-refractivity contribution is 5.28. The summed E-state index contributed by atoms with van der Waals surface area (Å²) < 4.78 is 0. The second kappa shape index (κ2) is 4.93. The van der Waals surface area contributed by atoms with Crippen molar-refractivity contribution in [3.05, 3.63) is 12.2 Å². The molecule has 0 heteroatoms. The minimum atomic E-state index is 0.229. The average Bonchev–Trinajstić information content (AvgIpc) is 2.33. The van der Waals surface area contributed by atoms with Gasteiger partial charge in [0.15, 0.2) is 0 Å². The molecule has 0 atom stereocenters. The molecule has 0 saturated carbocycles. The van der Waals surface area contributed by atoms with Crippen LogP contribution < -0.4 is 0 Å². The Labute approximate surface area is 123 Å². The first-order chi connectivity index (χ1) is 8.21. The van der Waals surface area contributed by atoms with Gasteiger partial charge in [-0.15, -0.1) is 0 Å². The van der Waals surface area contributed by atoms with Crippen LogP contribution in [-0.4, -0.2) is 0 Å². The van der Waals surface area contributed by atoms with Gasteiger partial charge in [0, 0.05) is 0 Å². The summed E-state index contributed by atoms with van der Waals surface area (Å²) in [6.07, 6.45) is 4.90. The van der Waals surface area contributed by atoms with Crippen molar-refractivity contribution in [3.8, 4) is 0 Å². The minimum absolute atomic E-state index is 0.229. The molecule has 0 aliphatic heterocycles. The van der Waals surface area contributed by atoms with E-state index in [1.54, 1.807) is 0 Å². The van der Waals surface area contributed by atoms with Crippen molar-refractivity contribution in [1.82, 2.24) is 0 Å². The number of hydrogen-bond donors (Lipinski definition) is 0. The zero-order valence-corrected chi connectivity index (χ0v) is 15.7. The molecule has 114 valence electrons. The van der Waals surface area contributed by atoms with Gasteiger partial charge in [-0.25, -0.2) is 0 Å². The molecule has 1 aliphatic carbocycles. The predicted octanol–water partition coefficient (Wildman–Crippen LogP) is 6.71. The normalized spacial score (nSPS) is 23.8. The second-order valence-corrected chi connectivity index (χ2v) is 9.03. The summed E-state index contributed by atoms with van der Waals surface area (Å²) in [7, 11) is 0. The molecule has 0 bridgehead atoms. The molecule has 0 saturated heterocycles. The van der Waals surface area contributed by atoms with E-state index in [-0.39, 0.29) is 27.1 Å². The van der Waals surface area contributed by atoms with Crippen LogP contribution >= 0.6 is 0 Å². The van der Waals surface area contributed by atoms with Gasteiger partial charge in [-0.05, 0) is 27.1 Å². The Morgan fingerprint density at radius 1 is 0.579 bits per heavy atom. The van der Waals surface area contributed by atoms with Crippen LogP contribution in [0.2, 0.25) is 0 Å². The van der Waals surface area contributed by atoms with Crippen LogP contribution in [0.1, 0.15) is 83.1 Å². The molecule has 0 heterocycles. The van der Waals surface area contributed by atoms with Gasteiger partial charge >= 0.3 is 0 Å². The molecule has 0 unspecified atom stereocenters. The monoisotopic (exact) mass is 266 g/mol. The van der Waals surface area contributed by atoms with Gasteiger partial charge in [0.25, 0.3) is 0 Å². The van der Waals surface area contributed by atoms with Gasteiger partial charge < -0.3 is 0 Å². The van der Waals surface area contributed by atoms with E-state index in [2.05, 4.69) is 81.4 Å². The first kappa shape index (κ1) is 18.7. The first-order valence-electron chi connectivity index (χ1n) is 7.91. The molecule has 0 spiro atoms. The van der Waals surface area contributed by atoms with Crippen molar-refractivity contribution < 1.29 is 0 Å². The summed E-state index contributed by atoms with van der Waals surface area (Å²) in [6, 6.07) is 0. The van der Waals surface area contributed by atoms with Crippen LogP contribution in [0.3, 0.4) is 0 Å². The van der Waals surface area contributed by atoms with Gasteiger partial charge in [0.05, 0.1) is 0 Å². The van der Waals surface area contributed by atoms with Gasteiger partial charge in [0.2, 0.25) is 0 Å². The van der Waals surface area contributed by atoms with Gasteiger partial charge in [-0.1, -0.05) is 95.2 Å². The lowest BCUT2D eigenvalue weighted by atomic mass is 9.39. The van der Waals surface area contributed by atoms with Crippen LogP contribution in [0, 0.1) is 27.1 Å². The predicted molar refractivity (Wildman–Crippen MR) is 89.4 cm³/mol. The Kier molecular flexibility index (Phi) is 4.87. The van der Waals surface area contributed by atoms with E-state index in [0.29, 0.717) is 0 Å². The van der Waals surface area contributed by atoms with Crippen molar-refractivity contribution in [3.63, 3.8) is 0 Å². The minimum Gasteiger partial charge on any atom is -0.0817 e. The SMILES string of the molecule is CC.CC(C)(C)C1(C(C)(C)C)C(C)(C)C=CC1(C)C. The van der Waals surface area contributed by atoms with Crippen LogP contribution in [0.5, 0.6) is 0 Å². The molecule has 0 amide bonds. The molecule has 1 aliphatic rings. The van der Waals surface area contributed by atoms with Crippen molar-refractivity contribution in [2.24, 2.45) is 27.1 Å². The van der Waals surface area contributed by atoms with Crippen LogP contribution in [-0.2, 0) is 0 Å². The molecule has 0 N–H and O–H groups in total. The van der Waals surface area contributed by atoms with Crippen molar-refractivity contribution in [2.75, 3.05) is 0 Å².